The third-order valence-corrected chi connectivity index (χ3v) is 5.01. The first-order chi connectivity index (χ1) is 8.65. The Labute approximate surface area is 120 Å². The number of nitrogens with one attached hydrogen (secondary N) is 1. The Morgan fingerprint density at radius 3 is 2.56 bits per heavy atom. The summed E-state index contributed by atoms with van der Waals surface area (Å²) in [5, 5.41) is 4.78. The summed E-state index contributed by atoms with van der Waals surface area (Å²) in [6.45, 7) is 7.56. The van der Waals surface area contributed by atoms with Crippen molar-refractivity contribution in [2.45, 2.75) is 52.5 Å². The van der Waals surface area contributed by atoms with E-state index in [1.807, 2.05) is 23.1 Å². The Morgan fingerprint density at radius 2 is 1.94 bits per heavy atom. The van der Waals surface area contributed by atoms with E-state index < -0.39 is 0 Å². The van der Waals surface area contributed by atoms with E-state index in [0.717, 1.165) is 6.54 Å². The van der Waals surface area contributed by atoms with Gasteiger partial charge in [-0.2, -0.15) is 11.8 Å². The van der Waals surface area contributed by atoms with Crippen LogP contribution in [-0.2, 0) is 0 Å². The number of thioether (sulfide) groups is 1. The summed E-state index contributed by atoms with van der Waals surface area (Å²) in [7, 11) is 0. The van der Waals surface area contributed by atoms with Gasteiger partial charge >= 0.3 is 0 Å². The fourth-order valence-corrected chi connectivity index (χ4v) is 3.53. The normalized spacial score (nSPS) is 12.9. The Bertz CT molecular complexity index is 337. The number of thiazole rings is 1. The van der Waals surface area contributed by atoms with Crippen LogP contribution in [0.25, 0.3) is 0 Å². The Balaban J connectivity index is 2.14. The number of unbranched alkanes of at least 4 members (excludes halogenated alkanes) is 3. The molecule has 104 valence electrons. The third kappa shape index (κ3) is 5.72. The van der Waals surface area contributed by atoms with Crippen molar-refractivity contribution in [1.29, 1.82) is 0 Å². The highest BCUT2D eigenvalue weighted by atomic mass is 32.2. The van der Waals surface area contributed by atoms with E-state index in [2.05, 4.69) is 37.3 Å². The van der Waals surface area contributed by atoms with Crippen molar-refractivity contribution in [1.82, 2.24) is 10.3 Å². The van der Waals surface area contributed by atoms with E-state index >= 15 is 0 Å². The summed E-state index contributed by atoms with van der Waals surface area (Å²) in [5.74, 6) is 1.31. The topological polar surface area (TPSA) is 24.9 Å². The van der Waals surface area contributed by atoms with Crippen molar-refractivity contribution in [2.75, 3.05) is 18.6 Å². The molecule has 1 atom stereocenters. The molecule has 0 saturated carbocycles. The second-order valence-corrected chi connectivity index (χ2v) is 6.99. The quantitative estimate of drug-likeness (QED) is 0.684. The molecular formula is C14H26N2S2. The van der Waals surface area contributed by atoms with Crippen LogP contribution < -0.4 is 5.32 Å². The average molecular weight is 287 g/mol. The number of hydrogen-bond donors (Lipinski definition) is 1. The van der Waals surface area contributed by atoms with Gasteiger partial charge in [0.1, 0.15) is 0 Å². The monoisotopic (exact) mass is 286 g/mol. The lowest BCUT2D eigenvalue weighted by Gasteiger charge is -2.12. The molecule has 1 aromatic rings. The van der Waals surface area contributed by atoms with Crippen LogP contribution in [-0.4, -0.2) is 23.5 Å². The van der Waals surface area contributed by atoms with Crippen molar-refractivity contribution in [3.05, 3.63) is 15.6 Å². The van der Waals surface area contributed by atoms with Crippen LogP contribution in [0.4, 0.5) is 0 Å². The molecule has 4 heteroatoms. The summed E-state index contributed by atoms with van der Waals surface area (Å²) in [4.78, 5) is 5.88. The molecule has 0 aliphatic heterocycles. The zero-order chi connectivity index (χ0) is 13.4. The molecule has 1 unspecified atom stereocenters. The first-order valence-electron chi connectivity index (χ1n) is 6.81. The summed E-state index contributed by atoms with van der Waals surface area (Å²) >= 11 is 3.77. The number of aromatic nitrogens is 1. The second-order valence-electron chi connectivity index (χ2n) is 4.77. The van der Waals surface area contributed by atoms with Crippen LogP contribution in [0.2, 0.25) is 0 Å². The maximum absolute atomic E-state index is 4.49. The molecule has 0 fully saturated rings. The molecule has 1 N–H and O–H groups in total. The van der Waals surface area contributed by atoms with Crippen LogP contribution in [0.1, 0.15) is 54.2 Å². The van der Waals surface area contributed by atoms with Gasteiger partial charge in [0.2, 0.25) is 0 Å². The van der Waals surface area contributed by atoms with Gasteiger partial charge in [0, 0.05) is 10.9 Å². The van der Waals surface area contributed by atoms with Gasteiger partial charge in [0.05, 0.1) is 10.7 Å². The van der Waals surface area contributed by atoms with Crippen LogP contribution >= 0.6 is 23.1 Å². The number of hydrogen-bond acceptors (Lipinski definition) is 4. The Hall–Kier alpha value is -0.0600. The Morgan fingerprint density at radius 1 is 1.22 bits per heavy atom. The molecule has 0 amide bonds. The lowest BCUT2D eigenvalue weighted by molar-refractivity contribution is 0.540. The Kier molecular flexibility index (Phi) is 7.95. The van der Waals surface area contributed by atoms with Gasteiger partial charge in [0.25, 0.3) is 0 Å². The second kappa shape index (κ2) is 8.94. The van der Waals surface area contributed by atoms with Crippen molar-refractivity contribution in [3.8, 4) is 0 Å². The molecule has 0 saturated heterocycles. The minimum atomic E-state index is 0.447. The first kappa shape index (κ1) is 16.0. The molecule has 0 aliphatic rings. The molecule has 0 aromatic carbocycles. The average Bonchev–Trinajstić information content (AvgIpc) is 2.67. The van der Waals surface area contributed by atoms with Crippen molar-refractivity contribution >= 4 is 23.1 Å². The molecular weight excluding hydrogens is 260 g/mol. The van der Waals surface area contributed by atoms with E-state index in [4.69, 9.17) is 0 Å². The number of aryl methyl sites for hydroxylation is 2. The maximum Gasteiger partial charge on any atom is 0.0900 e. The summed E-state index contributed by atoms with van der Waals surface area (Å²) < 4.78 is 0. The van der Waals surface area contributed by atoms with E-state index in [9.17, 15) is 0 Å². The van der Waals surface area contributed by atoms with Gasteiger partial charge in [-0.15, -0.1) is 11.3 Å². The fourth-order valence-electron chi connectivity index (χ4n) is 2.09. The SMILES string of the molecule is CSCCCCCCNC(C)c1sc(C)nc1C. The fraction of sp³-hybridized carbons (Fsp3) is 0.786. The molecule has 1 aromatic heterocycles. The number of nitrogens with zero attached hydrogens (tertiary/aromatic N) is 1. The molecule has 18 heavy (non-hydrogen) atoms. The lowest BCUT2D eigenvalue weighted by atomic mass is 10.2. The third-order valence-electron chi connectivity index (χ3n) is 3.06. The van der Waals surface area contributed by atoms with E-state index in [1.165, 1.54) is 47.0 Å². The molecule has 0 bridgehead atoms. The van der Waals surface area contributed by atoms with Crippen LogP contribution in [0.3, 0.4) is 0 Å². The van der Waals surface area contributed by atoms with Crippen molar-refractivity contribution in [3.63, 3.8) is 0 Å². The smallest absolute Gasteiger partial charge is 0.0900 e. The van der Waals surface area contributed by atoms with Gasteiger partial charge < -0.3 is 5.32 Å². The molecule has 1 rings (SSSR count). The van der Waals surface area contributed by atoms with Crippen LogP contribution in [0.5, 0.6) is 0 Å². The molecule has 2 nitrogen and oxygen atoms in total. The number of rotatable bonds is 9. The predicted molar refractivity (Wildman–Crippen MR) is 84.9 cm³/mol. The zero-order valence-corrected chi connectivity index (χ0v) is 13.7. The highest BCUT2D eigenvalue weighted by Crippen LogP contribution is 2.24. The standard InChI is InChI=1S/C14H26N2S2/c1-11(14-12(2)16-13(3)18-14)15-9-7-5-6-8-10-17-4/h11,15H,5-10H2,1-4H3. The predicted octanol–water partition coefficient (Wildman–Crippen LogP) is 4.33. The van der Waals surface area contributed by atoms with Gasteiger partial charge in [-0.1, -0.05) is 12.8 Å². The van der Waals surface area contributed by atoms with E-state index in [-0.39, 0.29) is 0 Å². The molecule has 0 aliphatic carbocycles. The van der Waals surface area contributed by atoms with Gasteiger partial charge in [0.15, 0.2) is 0 Å². The van der Waals surface area contributed by atoms with Gasteiger partial charge in [-0.05, 0) is 52.2 Å². The van der Waals surface area contributed by atoms with Gasteiger partial charge in [-0.25, -0.2) is 4.98 Å². The highest BCUT2D eigenvalue weighted by molar-refractivity contribution is 7.98. The lowest BCUT2D eigenvalue weighted by Crippen LogP contribution is -2.19. The molecule has 0 radical (unpaired) electrons. The van der Waals surface area contributed by atoms with Crippen LogP contribution in [0, 0.1) is 13.8 Å². The van der Waals surface area contributed by atoms with Crippen molar-refractivity contribution in [2.24, 2.45) is 0 Å². The molecule has 1 heterocycles. The largest absolute Gasteiger partial charge is 0.309 e. The highest BCUT2D eigenvalue weighted by Gasteiger charge is 2.11. The minimum absolute atomic E-state index is 0.447. The summed E-state index contributed by atoms with van der Waals surface area (Å²) in [6.07, 6.45) is 7.55. The summed E-state index contributed by atoms with van der Waals surface area (Å²) in [5.41, 5.74) is 1.19. The van der Waals surface area contributed by atoms with Crippen molar-refractivity contribution < 1.29 is 0 Å². The van der Waals surface area contributed by atoms with E-state index in [1.54, 1.807) is 0 Å². The van der Waals surface area contributed by atoms with Gasteiger partial charge in [-0.3, -0.25) is 0 Å². The van der Waals surface area contributed by atoms with E-state index in [0.29, 0.717) is 6.04 Å². The van der Waals surface area contributed by atoms with Crippen LogP contribution in [0.15, 0.2) is 0 Å². The zero-order valence-electron chi connectivity index (χ0n) is 12.1. The molecule has 0 spiro atoms. The maximum atomic E-state index is 4.49. The first-order valence-corrected chi connectivity index (χ1v) is 9.02. The summed E-state index contributed by atoms with van der Waals surface area (Å²) in [6, 6.07) is 0.447. The minimum Gasteiger partial charge on any atom is -0.309 e.